The van der Waals surface area contributed by atoms with Crippen molar-refractivity contribution in [2.75, 3.05) is 13.1 Å². The SMILES string of the molecule is C[C@@H]1CCCN(C(=O)C(=O)NCc2n[nH]c(=O)c3ccccc23)C1. The summed E-state index contributed by atoms with van der Waals surface area (Å²) in [5, 5.41) is 10.2. The van der Waals surface area contributed by atoms with Gasteiger partial charge >= 0.3 is 11.8 Å². The maximum absolute atomic E-state index is 12.2. The molecule has 0 bridgehead atoms. The summed E-state index contributed by atoms with van der Waals surface area (Å²) in [6.07, 6.45) is 2.00. The number of carbonyl (C=O) groups excluding carboxylic acids is 2. The predicted octanol–water partition coefficient (Wildman–Crippen LogP) is 0.798. The van der Waals surface area contributed by atoms with Gasteiger partial charge in [0.1, 0.15) is 0 Å². The van der Waals surface area contributed by atoms with Gasteiger partial charge < -0.3 is 10.2 Å². The Morgan fingerprint density at radius 2 is 2.08 bits per heavy atom. The lowest BCUT2D eigenvalue weighted by molar-refractivity contribution is -0.147. The van der Waals surface area contributed by atoms with Crippen molar-refractivity contribution in [3.63, 3.8) is 0 Å². The van der Waals surface area contributed by atoms with Crippen LogP contribution >= 0.6 is 0 Å². The maximum Gasteiger partial charge on any atom is 0.311 e. The van der Waals surface area contributed by atoms with Crippen LogP contribution in [0.15, 0.2) is 29.1 Å². The molecular weight excluding hydrogens is 308 g/mol. The highest BCUT2D eigenvalue weighted by Crippen LogP contribution is 2.15. The second kappa shape index (κ2) is 6.82. The van der Waals surface area contributed by atoms with Crippen molar-refractivity contribution in [1.82, 2.24) is 20.4 Å². The lowest BCUT2D eigenvalue weighted by atomic mass is 10.0. The standard InChI is InChI=1S/C17H20N4O3/c1-11-5-4-8-21(10-11)17(24)16(23)18-9-14-12-6-2-3-7-13(12)15(22)20-19-14/h2-3,6-7,11H,4-5,8-10H2,1H3,(H,18,23)(H,20,22)/t11-/m1/s1. The summed E-state index contributed by atoms with van der Waals surface area (Å²) in [6, 6.07) is 7.03. The molecule has 2 N–H and O–H groups in total. The minimum absolute atomic E-state index is 0.0886. The van der Waals surface area contributed by atoms with Gasteiger partial charge in [0.25, 0.3) is 5.56 Å². The average molecular weight is 328 g/mol. The van der Waals surface area contributed by atoms with Crippen LogP contribution in [0, 0.1) is 5.92 Å². The lowest BCUT2D eigenvalue weighted by Crippen LogP contribution is -2.46. The second-order valence-corrected chi connectivity index (χ2v) is 6.23. The minimum Gasteiger partial charge on any atom is -0.342 e. The third-order valence-corrected chi connectivity index (χ3v) is 4.33. The molecule has 1 aliphatic rings. The van der Waals surface area contributed by atoms with Crippen molar-refractivity contribution in [2.24, 2.45) is 5.92 Å². The van der Waals surface area contributed by atoms with Crippen LogP contribution in [0.4, 0.5) is 0 Å². The van der Waals surface area contributed by atoms with E-state index < -0.39 is 11.8 Å². The third kappa shape index (κ3) is 3.29. The van der Waals surface area contributed by atoms with Gasteiger partial charge in [0.2, 0.25) is 0 Å². The van der Waals surface area contributed by atoms with E-state index in [9.17, 15) is 14.4 Å². The first-order valence-electron chi connectivity index (χ1n) is 8.09. The van der Waals surface area contributed by atoms with Crippen molar-refractivity contribution >= 4 is 22.6 Å². The smallest absolute Gasteiger partial charge is 0.311 e. The van der Waals surface area contributed by atoms with Gasteiger partial charge in [0, 0.05) is 18.5 Å². The monoisotopic (exact) mass is 328 g/mol. The van der Waals surface area contributed by atoms with Crippen LogP contribution < -0.4 is 10.9 Å². The molecule has 126 valence electrons. The summed E-state index contributed by atoms with van der Waals surface area (Å²) in [4.78, 5) is 37.7. The Bertz CT molecular complexity index is 830. The van der Waals surface area contributed by atoms with Crippen LogP contribution in [0.5, 0.6) is 0 Å². The zero-order valence-corrected chi connectivity index (χ0v) is 13.5. The quantitative estimate of drug-likeness (QED) is 0.797. The molecular formula is C17H20N4O3. The minimum atomic E-state index is -0.638. The molecule has 0 saturated carbocycles. The topological polar surface area (TPSA) is 95.2 Å². The van der Waals surface area contributed by atoms with Crippen LogP contribution in [0.2, 0.25) is 0 Å². The zero-order chi connectivity index (χ0) is 17.1. The van der Waals surface area contributed by atoms with Gasteiger partial charge in [-0.05, 0) is 24.8 Å². The fourth-order valence-corrected chi connectivity index (χ4v) is 3.06. The highest BCUT2D eigenvalue weighted by molar-refractivity contribution is 6.35. The van der Waals surface area contributed by atoms with Crippen molar-refractivity contribution < 1.29 is 9.59 Å². The number of nitrogens with zero attached hydrogens (tertiary/aromatic N) is 2. The summed E-state index contributed by atoms with van der Waals surface area (Å²) < 4.78 is 0. The van der Waals surface area contributed by atoms with Crippen molar-refractivity contribution in [2.45, 2.75) is 26.3 Å². The van der Waals surface area contributed by atoms with E-state index in [0.29, 0.717) is 35.5 Å². The number of H-pyrrole nitrogens is 1. The van der Waals surface area contributed by atoms with Gasteiger partial charge in [0.15, 0.2) is 0 Å². The fourth-order valence-electron chi connectivity index (χ4n) is 3.06. The second-order valence-electron chi connectivity index (χ2n) is 6.23. The number of likely N-dealkylation sites (tertiary alicyclic amines) is 1. The van der Waals surface area contributed by atoms with Crippen LogP contribution in [-0.4, -0.2) is 40.0 Å². The molecule has 2 aromatic rings. The number of hydrogen-bond acceptors (Lipinski definition) is 4. The lowest BCUT2D eigenvalue weighted by Gasteiger charge is -2.30. The van der Waals surface area contributed by atoms with E-state index in [1.165, 1.54) is 0 Å². The largest absolute Gasteiger partial charge is 0.342 e. The Balaban J connectivity index is 1.69. The first-order valence-corrected chi connectivity index (χ1v) is 8.09. The number of aromatic nitrogens is 2. The van der Waals surface area contributed by atoms with Gasteiger partial charge in [-0.3, -0.25) is 14.4 Å². The molecule has 2 heterocycles. The molecule has 1 atom stereocenters. The molecule has 0 radical (unpaired) electrons. The van der Waals surface area contributed by atoms with Gasteiger partial charge in [0.05, 0.1) is 17.6 Å². The summed E-state index contributed by atoms with van der Waals surface area (Å²) in [5.41, 5.74) is 0.248. The zero-order valence-electron chi connectivity index (χ0n) is 13.5. The summed E-state index contributed by atoms with van der Waals surface area (Å²) in [5.74, 6) is -0.725. The number of aromatic amines is 1. The Hall–Kier alpha value is -2.70. The first-order chi connectivity index (χ1) is 11.6. The third-order valence-electron chi connectivity index (χ3n) is 4.33. The predicted molar refractivity (Wildman–Crippen MR) is 89.2 cm³/mol. The van der Waals surface area contributed by atoms with Crippen molar-refractivity contribution in [3.05, 3.63) is 40.3 Å². The molecule has 1 aromatic carbocycles. The number of amides is 2. The molecule has 24 heavy (non-hydrogen) atoms. The summed E-state index contributed by atoms with van der Waals surface area (Å²) >= 11 is 0. The molecule has 0 spiro atoms. The van der Waals surface area contributed by atoms with E-state index in [1.807, 2.05) is 0 Å². The molecule has 1 aromatic heterocycles. The Labute approximate surface area is 139 Å². The molecule has 2 amide bonds. The molecule has 3 rings (SSSR count). The number of carbonyl (C=O) groups is 2. The number of fused-ring (bicyclic) bond motifs is 1. The maximum atomic E-state index is 12.2. The Kier molecular flexibility index (Phi) is 4.59. The van der Waals surface area contributed by atoms with Crippen molar-refractivity contribution in [1.29, 1.82) is 0 Å². The number of hydrogen-bond donors (Lipinski definition) is 2. The van der Waals surface area contributed by atoms with Crippen LogP contribution in [0.1, 0.15) is 25.5 Å². The van der Waals surface area contributed by atoms with Gasteiger partial charge in [-0.15, -0.1) is 0 Å². The van der Waals surface area contributed by atoms with Gasteiger partial charge in [-0.25, -0.2) is 5.10 Å². The van der Waals surface area contributed by atoms with Crippen LogP contribution in [0.25, 0.3) is 10.8 Å². The number of rotatable bonds is 2. The number of benzene rings is 1. The van der Waals surface area contributed by atoms with Crippen molar-refractivity contribution in [3.8, 4) is 0 Å². The molecule has 1 fully saturated rings. The highest BCUT2D eigenvalue weighted by Gasteiger charge is 2.26. The van der Waals surface area contributed by atoms with Gasteiger partial charge in [-0.2, -0.15) is 5.10 Å². The van der Waals surface area contributed by atoms with E-state index >= 15 is 0 Å². The highest BCUT2D eigenvalue weighted by atomic mass is 16.2. The first kappa shape index (κ1) is 16.2. The fraction of sp³-hybridized carbons (Fsp3) is 0.412. The number of nitrogens with one attached hydrogen (secondary N) is 2. The van der Waals surface area contributed by atoms with Crippen LogP contribution in [-0.2, 0) is 16.1 Å². The van der Waals surface area contributed by atoms with E-state index in [4.69, 9.17) is 0 Å². The molecule has 1 saturated heterocycles. The number of piperidine rings is 1. The molecule has 0 unspecified atom stereocenters. The molecule has 7 nitrogen and oxygen atoms in total. The van der Waals surface area contributed by atoms with E-state index in [-0.39, 0.29) is 12.1 Å². The molecule has 1 aliphatic heterocycles. The van der Waals surface area contributed by atoms with E-state index in [1.54, 1.807) is 29.2 Å². The molecule has 0 aliphatic carbocycles. The molecule has 7 heteroatoms. The summed E-state index contributed by atoms with van der Waals surface area (Å²) in [6.45, 7) is 3.40. The van der Waals surface area contributed by atoms with E-state index in [2.05, 4.69) is 22.4 Å². The normalized spacial score (nSPS) is 17.7. The average Bonchev–Trinajstić information content (AvgIpc) is 2.60. The Morgan fingerprint density at radius 1 is 1.33 bits per heavy atom. The summed E-state index contributed by atoms with van der Waals surface area (Å²) in [7, 11) is 0. The van der Waals surface area contributed by atoms with Gasteiger partial charge in [-0.1, -0.05) is 25.1 Å². The Morgan fingerprint density at radius 3 is 2.83 bits per heavy atom. The van der Waals surface area contributed by atoms with E-state index in [0.717, 1.165) is 12.8 Å². The van der Waals surface area contributed by atoms with Crippen LogP contribution in [0.3, 0.4) is 0 Å².